The molecule has 30 heavy (non-hydrogen) atoms. The number of rotatable bonds is 5. The van der Waals surface area contributed by atoms with E-state index in [4.69, 9.17) is 0 Å². The van der Waals surface area contributed by atoms with E-state index in [-0.39, 0.29) is 0 Å². The summed E-state index contributed by atoms with van der Waals surface area (Å²) in [6.07, 6.45) is 2.59. The minimum Gasteiger partial charge on any atom is -0.358 e. The van der Waals surface area contributed by atoms with Gasteiger partial charge in [-0.15, -0.1) is 0 Å². The summed E-state index contributed by atoms with van der Waals surface area (Å²) in [5.41, 5.74) is 4.07. The zero-order valence-electron chi connectivity index (χ0n) is 18.0. The van der Waals surface area contributed by atoms with Crippen LogP contribution in [-0.4, -0.2) is 41.1 Å². The second-order valence-corrected chi connectivity index (χ2v) is 10.1. The van der Waals surface area contributed by atoms with E-state index >= 15 is 0 Å². The van der Waals surface area contributed by atoms with Crippen LogP contribution in [0.3, 0.4) is 0 Å². The number of benzene rings is 2. The number of nitrogens with one attached hydrogen (secondary N) is 2. The molecule has 1 fully saturated rings. The van der Waals surface area contributed by atoms with Crippen molar-refractivity contribution in [2.24, 2.45) is 0 Å². The predicted molar refractivity (Wildman–Crippen MR) is 120 cm³/mol. The van der Waals surface area contributed by atoms with Crippen LogP contribution in [0.25, 0.3) is 10.9 Å². The molecule has 1 aliphatic heterocycles. The molecule has 0 atom stereocenters. The molecular formula is C24H31N3O2S+2. The Bertz CT molecular complexity index is 1150. The number of pyridine rings is 1. The van der Waals surface area contributed by atoms with E-state index in [1.807, 2.05) is 19.1 Å². The summed E-state index contributed by atoms with van der Waals surface area (Å²) >= 11 is 0. The minimum absolute atomic E-state index is 0.339. The molecule has 3 aromatic rings. The maximum absolute atomic E-state index is 13.7. The largest absolute Gasteiger partial charge is 0.358 e. The number of sulfone groups is 1. The van der Waals surface area contributed by atoms with Gasteiger partial charge in [-0.3, -0.25) is 0 Å². The van der Waals surface area contributed by atoms with E-state index in [0.717, 1.165) is 61.3 Å². The summed E-state index contributed by atoms with van der Waals surface area (Å²) in [5.74, 6) is 0. The summed E-state index contributed by atoms with van der Waals surface area (Å²) in [6, 6.07) is 13.4. The molecule has 0 saturated carbocycles. The molecule has 1 saturated heterocycles. The monoisotopic (exact) mass is 425 g/mol. The van der Waals surface area contributed by atoms with Crippen molar-refractivity contribution >= 4 is 26.4 Å². The average molecular weight is 426 g/mol. The molecule has 0 spiro atoms. The van der Waals surface area contributed by atoms with E-state index in [2.05, 4.69) is 41.9 Å². The number of anilines is 1. The Morgan fingerprint density at radius 1 is 1.03 bits per heavy atom. The third-order valence-corrected chi connectivity index (χ3v) is 8.03. The summed E-state index contributed by atoms with van der Waals surface area (Å²) in [6.45, 7) is 11.2. The number of aryl methyl sites for hydroxylation is 2. The number of hydrogen-bond donors (Lipinski definition) is 1. The number of aromatic nitrogens is 1. The summed E-state index contributed by atoms with van der Waals surface area (Å²) in [5, 5.41) is 0.988. The fraction of sp³-hybridized carbons (Fsp3) is 0.375. The van der Waals surface area contributed by atoms with Crippen molar-refractivity contribution in [2.75, 3.05) is 37.6 Å². The van der Waals surface area contributed by atoms with Crippen LogP contribution in [0.4, 0.5) is 5.69 Å². The molecule has 0 unspecified atom stereocenters. The normalized spacial score (nSPS) is 15.6. The van der Waals surface area contributed by atoms with Crippen LogP contribution < -0.4 is 14.8 Å². The Morgan fingerprint density at radius 2 is 1.73 bits per heavy atom. The summed E-state index contributed by atoms with van der Waals surface area (Å²) < 4.78 is 27.4. The summed E-state index contributed by atoms with van der Waals surface area (Å²) in [7, 11) is -3.65. The lowest BCUT2D eigenvalue weighted by atomic mass is 10.1. The van der Waals surface area contributed by atoms with E-state index in [1.54, 1.807) is 23.2 Å². The van der Waals surface area contributed by atoms with E-state index in [0.29, 0.717) is 9.79 Å². The zero-order valence-corrected chi connectivity index (χ0v) is 18.8. The van der Waals surface area contributed by atoms with Crippen molar-refractivity contribution in [1.29, 1.82) is 0 Å². The Hall–Kier alpha value is -2.44. The lowest BCUT2D eigenvalue weighted by Gasteiger charge is -2.34. The molecule has 0 amide bonds. The molecule has 6 heteroatoms. The van der Waals surface area contributed by atoms with Gasteiger partial charge < -0.3 is 9.80 Å². The van der Waals surface area contributed by atoms with Crippen molar-refractivity contribution in [1.82, 2.24) is 0 Å². The van der Waals surface area contributed by atoms with Gasteiger partial charge in [-0.1, -0.05) is 30.7 Å². The van der Waals surface area contributed by atoms with Gasteiger partial charge in [0, 0.05) is 6.07 Å². The first kappa shape index (κ1) is 20.8. The maximum atomic E-state index is 13.7. The third kappa shape index (κ3) is 3.82. The molecule has 5 nitrogen and oxygen atoms in total. The van der Waals surface area contributed by atoms with Crippen molar-refractivity contribution in [3.05, 3.63) is 59.8 Å². The van der Waals surface area contributed by atoms with Crippen LogP contribution in [0.2, 0.25) is 0 Å². The summed E-state index contributed by atoms with van der Waals surface area (Å²) in [4.78, 5) is 7.79. The highest BCUT2D eigenvalue weighted by atomic mass is 32.2. The standard InChI is InChI=1S/C24H29N3O2S/c1-4-19-8-11-22-21(16-19)24(27-14-12-26(5-2)13-15-27)23(17-25-22)30(28,29)20-9-6-18(3)7-10-20/h6-11,16-17H,4-5,12-15H2,1-3H3/p+2. The van der Waals surface area contributed by atoms with Gasteiger partial charge in [0.2, 0.25) is 15.4 Å². The van der Waals surface area contributed by atoms with E-state index < -0.39 is 9.84 Å². The Kier molecular flexibility index (Phi) is 5.80. The number of hydrogen-bond acceptors (Lipinski definition) is 3. The number of nitrogens with zero attached hydrogens (tertiary/aromatic N) is 1. The van der Waals surface area contributed by atoms with Crippen molar-refractivity contribution < 1.29 is 18.3 Å². The molecule has 2 heterocycles. The van der Waals surface area contributed by atoms with Crippen LogP contribution in [0.1, 0.15) is 25.0 Å². The smallest absolute Gasteiger partial charge is 0.214 e. The molecule has 0 aliphatic carbocycles. The molecule has 1 aliphatic rings. The molecule has 0 bridgehead atoms. The molecule has 2 aromatic carbocycles. The number of H-pyrrole nitrogens is 1. The van der Waals surface area contributed by atoms with Gasteiger partial charge in [0.25, 0.3) is 0 Å². The number of likely N-dealkylation sites (N-methyl/N-ethyl adjacent to an activating group) is 1. The third-order valence-electron chi connectivity index (χ3n) is 6.25. The topological polar surface area (TPSA) is 56.0 Å². The molecule has 2 N–H and O–H groups in total. The molecule has 4 rings (SSSR count). The van der Waals surface area contributed by atoms with Crippen molar-refractivity contribution in [2.45, 2.75) is 37.0 Å². The highest BCUT2D eigenvalue weighted by Crippen LogP contribution is 2.35. The average Bonchev–Trinajstić information content (AvgIpc) is 2.78. The van der Waals surface area contributed by atoms with Gasteiger partial charge in [-0.25, -0.2) is 13.4 Å². The Morgan fingerprint density at radius 3 is 2.37 bits per heavy atom. The zero-order chi connectivity index (χ0) is 21.3. The van der Waals surface area contributed by atoms with Gasteiger partial charge in [0.15, 0.2) is 11.1 Å². The maximum Gasteiger partial charge on any atom is 0.214 e. The fourth-order valence-electron chi connectivity index (χ4n) is 4.25. The van der Waals surface area contributed by atoms with Gasteiger partial charge >= 0.3 is 0 Å². The fourth-order valence-corrected chi connectivity index (χ4v) is 5.71. The number of piperazine rings is 1. The Balaban J connectivity index is 1.91. The minimum atomic E-state index is -3.65. The molecule has 1 aromatic heterocycles. The second-order valence-electron chi connectivity index (χ2n) is 8.14. The lowest BCUT2D eigenvalue weighted by Crippen LogP contribution is -3.14. The van der Waals surface area contributed by atoms with Gasteiger partial charge in [-0.2, -0.15) is 0 Å². The van der Waals surface area contributed by atoms with Crippen LogP contribution in [0.5, 0.6) is 0 Å². The molecular weight excluding hydrogens is 394 g/mol. The quantitative estimate of drug-likeness (QED) is 0.681. The number of quaternary nitrogens is 1. The van der Waals surface area contributed by atoms with E-state index in [9.17, 15) is 8.42 Å². The first-order valence-corrected chi connectivity index (χ1v) is 12.3. The highest BCUT2D eigenvalue weighted by molar-refractivity contribution is 7.91. The highest BCUT2D eigenvalue weighted by Gasteiger charge is 2.31. The van der Waals surface area contributed by atoms with E-state index in [1.165, 1.54) is 5.56 Å². The first-order valence-electron chi connectivity index (χ1n) is 10.8. The van der Waals surface area contributed by atoms with Gasteiger partial charge in [-0.05, 0) is 44.0 Å². The molecule has 0 radical (unpaired) electrons. The predicted octanol–water partition coefficient (Wildman–Crippen LogP) is 2.08. The van der Waals surface area contributed by atoms with Crippen LogP contribution in [-0.2, 0) is 16.3 Å². The van der Waals surface area contributed by atoms with Gasteiger partial charge in [0.1, 0.15) is 0 Å². The van der Waals surface area contributed by atoms with Crippen LogP contribution in [0, 0.1) is 6.92 Å². The molecule has 158 valence electrons. The first-order chi connectivity index (χ1) is 14.4. The van der Waals surface area contributed by atoms with Gasteiger partial charge in [0.05, 0.1) is 48.7 Å². The second kappa shape index (κ2) is 8.36. The number of aromatic amines is 1. The van der Waals surface area contributed by atoms with Crippen molar-refractivity contribution in [3.63, 3.8) is 0 Å². The number of fused-ring (bicyclic) bond motifs is 1. The van der Waals surface area contributed by atoms with Crippen molar-refractivity contribution in [3.8, 4) is 0 Å². The van der Waals surface area contributed by atoms with Crippen LogP contribution in [0.15, 0.2) is 58.5 Å². The van der Waals surface area contributed by atoms with Crippen LogP contribution >= 0.6 is 0 Å². The SMILES string of the molecule is CCc1ccc2[nH+]cc(S(=O)(=O)c3ccc(C)cc3)c(N3CC[NH+](CC)CC3)c2c1. The lowest BCUT2D eigenvalue weighted by molar-refractivity contribution is -0.898. The Labute approximate surface area is 179 Å².